The van der Waals surface area contributed by atoms with Crippen LogP contribution in [0.3, 0.4) is 0 Å². The van der Waals surface area contributed by atoms with Gasteiger partial charge in [-0.05, 0) is 62.4 Å². The molecule has 2 nitrogen and oxygen atoms in total. The van der Waals surface area contributed by atoms with Crippen molar-refractivity contribution in [1.82, 2.24) is 4.90 Å². The third kappa shape index (κ3) is 5.87. The zero-order valence-electron chi connectivity index (χ0n) is 17.8. The highest BCUT2D eigenvalue weighted by Crippen LogP contribution is 2.39. The van der Waals surface area contributed by atoms with Gasteiger partial charge in [-0.2, -0.15) is 5.26 Å². The highest BCUT2D eigenvalue weighted by Gasteiger charge is 2.40. The fraction of sp³-hybridized carbons (Fsp3) is 0.480. The van der Waals surface area contributed by atoms with Crippen LogP contribution in [0, 0.1) is 28.9 Å². The first kappa shape index (κ1) is 23.0. The van der Waals surface area contributed by atoms with Crippen LogP contribution in [0.25, 0.3) is 0 Å². The molecule has 1 atom stereocenters. The SMILES string of the molecule is CCCN(CCCC(C#N)(c1c(F)cccc1F)C(C)C)CCc1ccccc1. The molecular formula is C25H32F2N2. The van der Waals surface area contributed by atoms with Crippen molar-refractivity contribution in [2.24, 2.45) is 5.92 Å². The second kappa shape index (κ2) is 11.1. The third-order valence-corrected chi connectivity index (χ3v) is 5.74. The molecule has 0 aliphatic rings. The Morgan fingerprint density at radius 3 is 2.17 bits per heavy atom. The first-order valence-corrected chi connectivity index (χ1v) is 10.6. The molecule has 0 bridgehead atoms. The summed E-state index contributed by atoms with van der Waals surface area (Å²) in [5.41, 5.74) is 0.0617. The zero-order valence-corrected chi connectivity index (χ0v) is 17.8. The van der Waals surface area contributed by atoms with E-state index in [1.54, 1.807) is 0 Å². The van der Waals surface area contributed by atoms with Gasteiger partial charge in [0.25, 0.3) is 0 Å². The number of hydrogen-bond donors (Lipinski definition) is 0. The lowest BCUT2D eigenvalue weighted by atomic mass is 9.69. The molecule has 2 rings (SSSR count). The average molecular weight is 399 g/mol. The summed E-state index contributed by atoms with van der Waals surface area (Å²) in [4.78, 5) is 2.38. The van der Waals surface area contributed by atoms with Crippen molar-refractivity contribution in [1.29, 1.82) is 5.26 Å². The summed E-state index contributed by atoms with van der Waals surface area (Å²) >= 11 is 0. The predicted molar refractivity (Wildman–Crippen MR) is 115 cm³/mol. The molecule has 0 radical (unpaired) electrons. The van der Waals surface area contributed by atoms with Gasteiger partial charge in [-0.1, -0.05) is 57.2 Å². The van der Waals surface area contributed by atoms with Crippen molar-refractivity contribution in [2.45, 2.75) is 51.9 Å². The van der Waals surface area contributed by atoms with Gasteiger partial charge in [0.2, 0.25) is 0 Å². The number of nitrogens with zero attached hydrogens (tertiary/aromatic N) is 2. The molecule has 0 heterocycles. The van der Waals surface area contributed by atoms with Crippen molar-refractivity contribution in [3.8, 4) is 6.07 Å². The highest BCUT2D eigenvalue weighted by atomic mass is 19.1. The van der Waals surface area contributed by atoms with Crippen molar-refractivity contribution in [3.63, 3.8) is 0 Å². The standard InChI is InChI=1S/C25H32F2N2/c1-4-16-29(18-14-21-10-6-5-7-11-21)17-9-15-25(19-28,20(2)3)24-22(26)12-8-13-23(24)27/h5-8,10-13,20H,4,9,14-18H2,1-3H3. The molecule has 2 aromatic carbocycles. The van der Waals surface area contributed by atoms with Gasteiger partial charge in [0, 0.05) is 12.1 Å². The van der Waals surface area contributed by atoms with Crippen LogP contribution in [-0.4, -0.2) is 24.5 Å². The monoisotopic (exact) mass is 398 g/mol. The highest BCUT2D eigenvalue weighted by molar-refractivity contribution is 5.36. The largest absolute Gasteiger partial charge is 0.303 e. The first-order chi connectivity index (χ1) is 13.9. The topological polar surface area (TPSA) is 27.0 Å². The van der Waals surface area contributed by atoms with E-state index in [4.69, 9.17) is 0 Å². The van der Waals surface area contributed by atoms with Crippen LogP contribution < -0.4 is 0 Å². The quantitative estimate of drug-likeness (QED) is 0.456. The molecule has 1 unspecified atom stereocenters. The van der Waals surface area contributed by atoms with Crippen LogP contribution in [-0.2, 0) is 11.8 Å². The van der Waals surface area contributed by atoms with E-state index in [1.165, 1.54) is 23.8 Å². The van der Waals surface area contributed by atoms with Crippen LogP contribution in [0.5, 0.6) is 0 Å². The Labute approximate surface area is 174 Å². The van der Waals surface area contributed by atoms with Crippen LogP contribution >= 0.6 is 0 Å². The predicted octanol–water partition coefficient (Wildman–Crippen LogP) is 6.12. The smallest absolute Gasteiger partial charge is 0.130 e. The van der Waals surface area contributed by atoms with E-state index in [0.29, 0.717) is 12.8 Å². The summed E-state index contributed by atoms with van der Waals surface area (Å²) < 4.78 is 29.0. The maximum absolute atomic E-state index is 14.5. The molecule has 0 saturated heterocycles. The molecule has 0 aromatic heterocycles. The number of hydrogen-bond acceptors (Lipinski definition) is 2. The van der Waals surface area contributed by atoms with E-state index in [1.807, 2.05) is 32.0 Å². The first-order valence-electron chi connectivity index (χ1n) is 10.6. The van der Waals surface area contributed by atoms with E-state index < -0.39 is 17.0 Å². The van der Waals surface area contributed by atoms with Gasteiger partial charge in [0.05, 0.1) is 11.5 Å². The molecule has 0 aliphatic carbocycles. The fourth-order valence-electron chi connectivity index (χ4n) is 4.03. The van der Waals surface area contributed by atoms with Crippen molar-refractivity contribution >= 4 is 0 Å². The van der Waals surface area contributed by atoms with Crippen molar-refractivity contribution in [2.75, 3.05) is 19.6 Å². The Morgan fingerprint density at radius 1 is 0.966 bits per heavy atom. The van der Waals surface area contributed by atoms with Gasteiger partial charge in [0.1, 0.15) is 11.6 Å². The zero-order chi connectivity index (χ0) is 21.3. The lowest BCUT2D eigenvalue weighted by Crippen LogP contribution is -2.35. The molecule has 4 heteroatoms. The summed E-state index contributed by atoms with van der Waals surface area (Å²) in [5.74, 6) is -1.45. The average Bonchev–Trinajstić information content (AvgIpc) is 2.71. The lowest BCUT2D eigenvalue weighted by molar-refractivity contribution is 0.250. The summed E-state index contributed by atoms with van der Waals surface area (Å²) in [6, 6.07) is 16.5. The molecule has 0 amide bonds. The Hall–Kier alpha value is -2.25. The molecule has 0 spiro atoms. The van der Waals surface area contributed by atoms with Crippen molar-refractivity contribution in [3.05, 3.63) is 71.3 Å². The number of benzene rings is 2. The normalized spacial score (nSPS) is 13.4. The number of rotatable bonds is 11. The summed E-state index contributed by atoms with van der Waals surface area (Å²) in [5, 5.41) is 9.97. The molecule has 156 valence electrons. The third-order valence-electron chi connectivity index (χ3n) is 5.74. The molecule has 0 saturated carbocycles. The number of halogens is 2. The maximum Gasteiger partial charge on any atom is 0.130 e. The molecule has 0 N–H and O–H groups in total. The van der Waals surface area contributed by atoms with Crippen LogP contribution in [0.15, 0.2) is 48.5 Å². The summed E-state index contributed by atoms with van der Waals surface area (Å²) in [6.07, 6.45) is 3.17. The fourth-order valence-corrected chi connectivity index (χ4v) is 4.03. The second-order valence-electron chi connectivity index (χ2n) is 8.02. The van der Waals surface area contributed by atoms with Gasteiger partial charge in [0.15, 0.2) is 0 Å². The Morgan fingerprint density at radius 2 is 1.62 bits per heavy atom. The number of nitriles is 1. The van der Waals surface area contributed by atoms with Crippen molar-refractivity contribution < 1.29 is 8.78 Å². The molecule has 0 fully saturated rings. The minimum Gasteiger partial charge on any atom is -0.303 e. The summed E-state index contributed by atoms with van der Waals surface area (Å²) in [7, 11) is 0. The second-order valence-corrected chi connectivity index (χ2v) is 8.02. The van der Waals surface area contributed by atoms with E-state index in [-0.39, 0.29) is 11.5 Å². The van der Waals surface area contributed by atoms with E-state index in [9.17, 15) is 14.0 Å². The lowest BCUT2D eigenvalue weighted by Gasteiger charge is -2.33. The van der Waals surface area contributed by atoms with Crippen LogP contribution in [0.1, 0.15) is 51.2 Å². The Bertz CT molecular complexity index is 778. The molecule has 0 aliphatic heterocycles. The van der Waals surface area contributed by atoms with E-state index in [0.717, 1.165) is 32.5 Å². The minimum absolute atomic E-state index is 0.0798. The molecular weight excluding hydrogens is 366 g/mol. The van der Waals surface area contributed by atoms with Gasteiger partial charge in [-0.25, -0.2) is 8.78 Å². The van der Waals surface area contributed by atoms with E-state index in [2.05, 4.69) is 30.0 Å². The van der Waals surface area contributed by atoms with Gasteiger partial charge < -0.3 is 4.90 Å². The summed E-state index contributed by atoms with van der Waals surface area (Å²) in [6.45, 7) is 8.61. The van der Waals surface area contributed by atoms with Gasteiger partial charge >= 0.3 is 0 Å². The van der Waals surface area contributed by atoms with E-state index >= 15 is 0 Å². The minimum atomic E-state index is -1.16. The van der Waals surface area contributed by atoms with Gasteiger partial charge in [-0.3, -0.25) is 0 Å². The van der Waals surface area contributed by atoms with Crippen LogP contribution in [0.4, 0.5) is 8.78 Å². The Kier molecular flexibility index (Phi) is 8.79. The maximum atomic E-state index is 14.5. The molecule has 2 aromatic rings. The molecule has 29 heavy (non-hydrogen) atoms. The van der Waals surface area contributed by atoms with Crippen LogP contribution in [0.2, 0.25) is 0 Å². The Balaban J connectivity index is 2.09. The van der Waals surface area contributed by atoms with Gasteiger partial charge in [-0.15, -0.1) is 0 Å².